The molecule has 6 nitrogen and oxygen atoms in total. The minimum atomic E-state index is -0.466. The van der Waals surface area contributed by atoms with Crippen molar-refractivity contribution in [2.75, 3.05) is 12.0 Å². The molecular weight excluding hydrogens is 428 g/mol. The number of amides is 2. The van der Waals surface area contributed by atoms with Crippen LogP contribution in [-0.2, 0) is 4.79 Å². The number of hydrogen-bond acceptors (Lipinski definition) is 5. The first-order chi connectivity index (χ1) is 16.6. The normalized spacial score (nSPS) is 13.6. The Kier molecular flexibility index (Phi) is 5.62. The minimum absolute atomic E-state index is 0.217. The van der Waals surface area contributed by atoms with Crippen molar-refractivity contribution in [2.45, 2.75) is 0 Å². The number of aliphatic imine (C=N–C) groups is 1. The van der Waals surface area contributed by atoms with E-state index in [0.29, 0.717) is 34.0 Å². The third-order valence-corrected chi connectivity index (χ3v) is 5.40. The predicted octanol–water partition coefficient (Wildman–Crippen LogP) is 5.80. The molecule has 0 atom stereocenters. The van der Waals surface area contributed by atoms with Gasteiger partial charge in [-0.05, 0) is 66.7 Å². The molecule has 0 bridgehead atoms. The van der Waals surface area contributed by atoms with Gasteiger partial charge in [-0.3, -0.25) is 9.59 Å². The van der Waals surface area contributed by atoms with Crippen LogP contribution in [0.4, 0.5) is 11.4 Å². The highest BCUT2D eigenvalue weighted by atomic mass is 16.5. The van der Waals surface area contributed by atoms with Gasteiger partial charge in [-0.25, -0.2) is 9.89 Å². The molecule has 1 heterocycles. The Balaban J connectivity index is 1.44. The van der Waals surface area contributed by atoms with E-state index in [9.17, 15) is 9.59 Å². The van der Waals surface area contributed by atoms with Crippen LogP contribution >= 0.6 is 0 Å². The van der Waals surface area contributed by atoms with Crippen molar-refractivity contribution in [2.24, 2.45) is 4.99 Å². The van der Waals surface area contributed by atoms with E-state index in [1.807, 2.05) is 36.4 Å². The van der Waals surface area contributed by atoms with E-state index < -0.39 is 11.8 Å². The molecular formula is C28H20N2O4. The number of ether oxygens (including phenoxy) is 2. The summed E-state index contributed by atoms with van der Waals surface area (Å²) in [6.45, 7) is 0. The van der Waals surface area contributed by atoms with Crippen LogP contribution in [0.15, 0.2) is 108 Å². The molecule has 0 radical (unpaired) electrons. The lowest BCUT2D eigenvalue weighted by Crippen LogP contribution is -2.36. The molecule has 0 fully saturated rings. The lowest BCUT2D eigenvalue weighted by atomic mass is 10.1. The number of fused-ring (bicyclic) bond motifs is 1. The van der Waals surface area contributed by atoms with E-state index >= 15 is 0 Å². The maximum atomic E-state index is 13.3. The number of hydrogen-bond donors (Lipinski definition) is 0. The Bertz CT molecular complexity index is 1380. The van der Waals surface area contributed by atoms with Crippen LogP contribution in [0.5, 0.6) is 17.2 Å². The topological polar surface area (TPSA) is 68.2 Å². The second-order valence-electron chi connectivity index (χ2n) is 7.56. The number of nitrogens with zero attached hydrogens (tertiary/aromatic N) is 2. The summed E-state index contributed by atoms with van der Waals surface area (Å²) in [7, 11) is 1.56. The summed E-state index contributed by atoms with van der Waals surface area (Å²) in [6.07, 6.45) is 0. The van der Waals surface area contributed by atoms with Gasteiger partial charge >= 0.3 is 0 Å². The number of para-hydroxylation sites is 2. The van der Waals surface area contributed by atoms with Crippen LogP contribution < -0.4 is 14.4 Å². The molecule has 4 aromatic carbocycles. The Hall–Kier alpha value is -4.71. The molecule has 166 valence electrons. The smallest absolute Gasteiger partial charge is 0.284 e. The Morgan fingerprint density at radius 3 is 2.06 bits per heavy atom. The average molecular weight is 448 g/mol. The molecule has 5 rings (SSSR count). The van der Waals surface area contributed by atoms with E-state index in [4.69, 9.17) is 9.47 Å². The molecule has 0 saturated heterocycles. The maximum absolute atomic E-state index is 13.3. The first kappa shape index (κ1) is 21.2. The highest BCUT2D eigenvalue weighted by Crippen LogP contribution is 2.33. The van der Waals surface area contributed by atoms with Crippen molar-refractivity contribution < 1.29 is 19.1 Å². The van der Waals surface area contributed by atoms with Gasteiger partial charge in [0.2, 0.25) is 0 Å². The molecule has 6 heteroatoms. The van der Waals surface area contributed by atoms with Gasteiger partial charge in [0.05, 0.1) is 18.5 Å². The van der Waals surface area contributed by atoms with Crippen molar-refractivity contribution in [3.05, 3.63) is 114 Å². The third-order valence-electron chi connectivity index (χ3n) is 5.40. The van der Waals surface area contributed by atoms with Crippen LogP contribution in [0, 0.1) is 0 Å². The molecule has 0 N–H and O–H groups in total. The van der Waals surface area contributed by atoms with E-state index in [-0.39, 0.29) is 5.71 Å². The molecule has 0 unspecified atom stereocenters. The lowest BCUT2D eigenvalue weighted by molar-refractivity contribution is -0.111. The lowest BCUT2D eigenvalue weighted by Gasteiger charge is -2.15. The summed E-state index contributed by atoms with van der Waals surface area (Å²) < 4.78 is 11.0. The van der Waals surface area contributed by atoms with Crippen molar-refractivity contribution in [3.63, 3.8) is 0 Å². The van der Waals surface area contributed by atoms with Gasteiger partial charge in [-0.15, -0.1) is 0 Å². The Morgan fingerprint density at radius 2 is 1.35 bits per heavy atom. The fraction of sp³-hybridized carbons (Fsp3) is 0.0357. The fourth-order valence-electron chi connectivity index (χ4n) is 3.71. The average Bonchev–Trinajstić information content (AvgIpc) is 3.16. The maximum Gasteiger partial charge on any atom is 0.284 e. The van der Waals surface area contributed by atoms with Gasteiger partial charge in [-0.1, -0.05) is 36.4 Å². The molecule has 0 saturated carbocycles. The fourth-order valence-corrected chi connectivity index (χ4v) is 3.71. The standard InChI is InChI=1S/C28H20N2O4/c1-33-21-15-11-19(12-16-21)27(31)30-25-10-6-5-9-24(25)26(28(30)32)29-20-13-17-23(18-14-20)34-22-7-3-2-4-8-22/h2-18H,1H3. The molecule has 4 aromatic rings. The number of methoxy groups -OCH3 is 1. The van der Waals surface area contributed by atoms with Crippen molar-refractivity contribution in [1.29, 1.82) is 0 Å². The molecule has 1 aliphatic heterocycles. The van der Waals surface area contributed by atoms with Gasteiger partial charge in [0, 0.05) is 11.1 Å². The molecule has 2 amide bonds. The van der Waals surface area contributed by atoms with Crippen LogP contribution in [0.1, 0.15) is 15.9 Å². The van der Waals surface area contributed by atoms with Crippen LogP contribution in [0.3, 0.4) is 0 Å². The van der Waals surface area contributed by atoms with Crippen LogP contribution in [0.25, 0.3) is 0 Å². The molecule has 0 spiro atoms. The quantitative estimate of drug-likeness (QED) is 0.362. The largest absolute Gasteiger partial charge is 0.497 e. The Morgan fingerprint density at radius 1 is 0.735 bits per heavy atom. The third kappa shape index (κ3) is 4.04. The SMILES string of the molecule is COc1ccc(C(=O)N2C(=O)C(=Nc3ccc(Oc4ccccc4)cc3)c3ccccc32)cc1. The van der Waals surface area contributed by atoms with Gasteiger partial charge in [0.15, 0.2) is 0 Å². The first-order valence-electron chi connectivity index (χ1n) is 10.7. The van der Waals surface area contributed by atoms with Crippen molar-refractivity contribution in [3.8, 4) is 17.2 Å². The number of imide groups is 1. The zero-order chi connectivity index (χ0) is 23.5. The highest BCUT2D eigenvalue weighted by Gasteiger charge is 2.38. The zero-order valence-electron chi connectivity index (χ0n) is 18.3. The zero-order valence-corrected chi connectivity index (χ0v) is 18.3. The van der Waals surface area contributed by atoms with Crippen LogP contribution in [-0.4, -0.2) is 24.6 Å². The summed E-state index contributed by atoms with van der Waals surface area (Å²) in [6, 6.07) is 30.4. The highest BCUT2D eigenvalue weighted by molar-refractivity contribution is 6.59. The number of carbonyl (C=O) groups excluding carboxylic acids is 2. The molecule has 1 aliphatic rings. The summed E-state index contributed by atoms with van der Waals surface area (Å²) >= 11 is 0. The van der Waals surface area contributed by atoms with Gasteiger partial charge in [-0.2, -0.15) is 0 Å². The van der Waals surface area contributed by atoms with Gasteiger partial charge in [0.25, 0.3) is 11.8 Å². The monoisotopic (exact) mass is 448 g/mol. The summed E-state index contributed by atoms with van der Waals surface area (Å²) in [5.74, 6) is 1.13. The van der Waals surface area contributed by atoms with E-state index in [1.165, 1.54) is 4.90 Å². The second-order valence-corrected chi connectivity index (χ2v) is 7.56. The number of rotatable bonds is 5. The van der Waals surface area contributed by atoms with Gasteiger partial charge < -0.3 is 9.47 Å². The van der Waals surface area contributed by atoms with Gasteiger partial charge in [0.1, 0.15) is 23.0 Å². The summed E-state index contributed by atoms with van der Waals surface area (Å²) in [5.41, 5.74) is 2.30. The molecule has 34 heavy (non-hydrogen) atoms. The van der Waals surface area contributed by atoms with E-state index in [0.717, 1.165) is 5.75 Å². The predicted molar refractivity (Wildman–Crippen MR) is 130 cm³/mol. The summed E-state index contributed by atoms with van der Waals surface area (Å²) in [4.78, 5) is 32.3. The first-order valence-corrected chi connectivity index (χ1v) is 10.7. The molecule has 0 aromatic heterocycles. The van der Waals surface area contributed by atoms with E-state index in [1.54, 1.807) is 73.8 Å². The number of benzene rings is 4. The second kappa shape index (κ2) is 9.03. The molecule has 0 aliphatic carbocycles. The summed E-state index contributed by atoms with van der Waals surface area (Å²) in [5, 5.41) is 0. The number of carbonyl (C=O) groups is 2. The minimum Gasteiger partial charge on any atom is -0.497 e. The van der Waals surface area contributed by atoms with E-state index in [2.05, 4.69) is 4.99 Å². The van der Waals surface area contributed by atoms with Crippen molar-refractivity contribution >= 4 is 28.9 Å². The number of anilines is 1. The Labute approximate surface area is 196 Å². The van der Waals surface area contributed by atoms with Crippen LogP contribution in [0.2, 0.25) is 0 Å². The van der Waals surface area contributed by atoms with Crippen molar-refractivity contribution in [1.82, 2.24) is 0 Å².